The summed E-state index contributed by atoms with van der Waals surface area (Å²) in [6, 6.07) is 4.23. The molecule has 0 spiro atoms. The summed E-state index contributed by atoms with van der Waals surface area (Å²) in [5.41, 5.74) is -0.854. The Hall–Kier alpha value is -1.30. The number of aromatic nitrogens is 1. The topological polar surface area (TPSA) is 28.2 Å². The van der Waals surface area contributed by atoms with Crippen molar-refractivity contribution in [3.63, 3.8) is 0 Å². The van der Waals surface area contributed by atoms with E-state index >= 15 is 0 Å². The average Bonchev–Trinajstić information content (AvgIpc) is 2.45. The van der Waals surface area contributed by atoms with Crippen LogP contribution in [0.2, 0.25) is 0 Å². The molecule has 0 aromatic carbocycles. The molecule has 1 unspecified atom stereocenters. The summed E-state index contributed by atoms with van der Waals surface area (Å²) in [4.78, 5) is 5.97. The van der Waals surface area contributed by atoms with Gasteiger partial charge in [-0.15, -0.1) is 0 Å². The summed E-state index contributed by atoms with van der Waals surface area (Å²) in [7, 11) is 0. The lowest BCUT2D eigenvalue weighted by molar-refractivity contribution is -0.141. The first-order valence-electron chi connectivity index (χ1n) is 6.99. The van der Waals surface area contributed by atoms with Gasteiger partial charge in [-0.2, -0.15) is 13.2 Å². The zero-order chi connectivity index (χ0) is 14.6. The Morgan fingerprint density at radius 3 is 2.60 bits per heavy atom. The van der Waals surface area contributed by atoms with Crippen LogP contribution in [0.5, 0.6) is 0 Å². The number of nitrogens with one attached hydrogen (secondary N) is 1. The standard InChI is InChI=1S/C14H20F3N3/c1-11(20-8-3-2-4-9-20)10-18-13-7-5-6-12(19-13)14(15,16)17/h5-7,11H,2-4,8-10H2,1H3,(H,18,19). The molecular formula is C14H20F3N3. The SMILES string of the molecule is CC(CNc1cccc(C(F)(F)F)n1)N1CCCCC1. The fraction of sp³-hybridized carbons (Fsp3) is 0.643. The highest BCUT2D eigenvalue weighted by Crippen LogP contribution is 2.28. The molecule has 0 amide bonds. The van der Waals surface area contributed by atoms with Gasteiger partial charge in [0.1, 0.15) is 11.5 Å². The predicted octanol–water partition coefficient (Wildman–Crippen LogP) is 3.39. The second-order valence-electron chi connectivity index (χ2n) is 5.23. The van der Waals surface area contributed by atoms with Crippen LogP contribution in [0.15, 0.2) is 18.2 Å². The van der Waals surface area contributed by atoms with Gasteiger partial charge in [0.15, 0.2) is 0 Å². The highest BCUT2D eigenvalue weighted by atomic mass is 19.4. The fourth-order valence-electron chi connectivity index (χ4n) is 2.43. The smallest absolute Gasteiger partial charge is 0.368 e. The molecule has 0 aliphatic carbocycles. The summed E-state index contributed by atoms with van der Waals surface area (Å²) in [5, 5.41) is 3.00. The number of alkyl halides is 3. The molecule has 20 heavy (non-hydrogen) atoms. The van der Waals surface area contributed by atoms with Crippen molar-refractivity contribution < 1.29 is 13.2 Å². The lowest BCUT2D eigenvalue weighted by atomic mass is 10.1. The van der Waals surface area contributed by atoms with E-state index in [4.69, 9.17) is 0 Å². The van der Waals surface area contributed by atoms with Crippen molar-refractivity contribution in [2.75, 3.05) is 25.0 Å². The first-order valence-corrected chi connectivity index (χ1v) is 6.99. The number of pyridine rings is 1. The highest BCUT2D eigenvalue weighted by molar-refractivity contribution is 5.36. The summed E-state index contributed by atoms with van der Waals surface area (Å²) >= 11 is 0. The molecule has 0 saturated carbocycles. The number of likely N-dealkylation sites (tertiary alicyclic amines) is 1. The van der Waals surface area contributed by atoms with Gasteiger partial charge in [0.05, 0.1) is 0 Å². The monoisotopic (exact) mass is 287 g/mol. The van der Waals surface area contributed by atoms with E-state index in [1.54, 1.807) is 6.07 Å². The minimum atomic E-state index is -4.39. The molecule has 112 valence electrons. The Kier molecular flexibility index (Phi) is 4.86. The van der Waals surface area contributed by atoms with Crippen molar-refractivity contribution in [2.45, 2.75) is 38.4 Å². The fourth-order valence-corrected chi connectivity index (χ4v) is 2.43. The second-order valence-corrected chi connectivity index (χ2v) is 5.23. The van der Waals surface area contributed by atoms with E-state index in [0.717, 1.165) is 19.2 Å². The lowest BCUT2D eigenvalue weighted by Gasteiger charge is -2.32. The van der Waals surface area contributed by atoms with Gasteiger partial charge in [0, 0.05) is 12.6 Å². The molecule has 1 aromatic rings. The van der Waals surface area contributed by atoms with Crippen LogP contribution in [0.1, 0.15) is 31.9 Å². The van der Waals surface area contributed by atoms with E-state index in [0.29, 0.717) is 12.6 Å². The first kappa shape index (κ1) is 15.1. The number of rotatable bonds is 4. The predicted molar refractivity (Wildman–Crippen MR) is 72.6 cm³/mol. The Balaban J connectivity index is 1.90. The van der Waals surface area contributed by atoms with Crippen LogP contribution in [-0.4, -0.2) is 35.6 Å². The molecule has 1 fully saturated rings. The molecule has 1 aliphatic rings. The van der Waals surface area contributed by atoms with Gasteiger partial charge in [-0.05, 0) is 45.0 Å². The van der Waals surface area contributed by atoms with Crippen LogP contribution < -0.4 is 5.32 Å². The maximum atomic E-state index is 12.6. The van der Waals surface area contributed by atoms with Gasteiger partial charge in [0.2, 0.25) is 0 Å². The van der Waals surface area contributed by atoms with Gasteiger partial charge in [0.25, 0.3) is 0 Å². The van der Waals surface area contributed by atoms with Gasteiger partial charge in [-0.3, -0.25) is 4.90 Å². The normalized spacial score (nSPS) is 18.8. The van der Waals surface area contributed by atoms with Crippen molar-refractivity contribution in [1.29, 1.82) is 0 Å². The van der Waals surface area contributed by atoms with Gasteiger partial charge in [-0.1, -0.05) is 12.5 Å². The van der Waals surface area contributed by atoms with E-state index < -0.39 is 11.9 Å². The third-order valence-electron chi connectivity index (χ3n) is 3.63. The zero-order valence-corrected chi connectivity index (χ0v) is 11.6. The third-order valence-corrected chi connectivity index (χ3v) is 3.63. The van der Waals surface area contributed by atoms with Crippen LogP contribution in [0.25, 0.3) is 0 Å². The molecule has 6 heteroatoms. The number of halogens is 3. The van der Waals surface area contributed by atoms with E-state index in [1.165, 1.54) is 25.3 Å². The summed E-state index contributed by atoms with van der Waals surface area (Å²) in [5.74, 6) is 0.281. The minimum absolute atomic E-state index is 0.281. The van der Waals surface area contributed by atoms with Gasteiger partial charge < -0.3 is 5.32 Å². The van der Waals surface area contributed by atoms with Crippen LogP contribution >= 0.6 is 0 Å². The molecular weight excluding hydrogens is 267 g/mol. The van der Waals surface area contributed by atoms with Crippen molar-refractivity contribution in [3.05, 3.63) is 23.9 Å². The maximum absolute atomic E-state index is 12.6. The van der Waals surface area contributed by atoms with Crippen molar-refractivity contribution in [3.8, 4) is 0 Å². The Bertz CT molecular complexity index is 428. The summed E-state index contributed by atoms with van der Waals surface area (Å²) < 4.78 is 37.7. The molecule has 1 N–H and O–H groups in total. The third kappa shape index (κ3) is 4.10. The second kappa shape index (κ2) is 6.43. The van der Waals surface area contributed by atoms with E-state index in [2.05, 4.69) is 22.1 Å². The maximum Gasteiger partial charge on any atom is 0.433 e. The Morgan fingerprint density at radius 1 is 1.25 bits per heavy atom. The van der Waals surface area contributed by atoms with Crippen LogP contribution in [0.3, 0.4) is 0 Å². The number of piperidine rings is 1. The molecule has 1 aliphatic heterocycles. The first-order chi connectivity index (χ1) is 9.47. The molecule has 2 rings (SSSR count). The molecule has 1 aromatic heterocycles. The minimum Gasteiger partial charge on any atom is -0.368 e. The van der Waals surface area contributed by atoms with Gasteiger partial charge >= 0.3 is 6.18 Å². The number of hydrogen-bond acceptors (Lipinski definition) is 3. The lowest BCUT2D eigenvalue weighted by Crippen LogP contribution is -2.41. The molecule has 0 radical (unpaired) electrons. The van der Waals surface area contributed by atoms with Crippen molar-refractivity contribution in [2.24, 2.45) is 0 Å². The largest absolute Gasteiger partial charge is 0.433 e. The average molecular weight is 287 g/mol. The Labute approximate surface area is 117 Å². The van der Waals surface area contributed by atoms with Crippen LogP contribution in [-0.2, 0) is 6.18 Å². The van der Waals surface area contributed by atoms with Crippen LogP contribution in [0, 0.1) is 0 Å². The Morgan fingerprint density at radius 2 is 1.95 bits per heavy atom. The van der Waals surface area contributed by atoms with Gasteiger partial charge in [-0.25, -0.2) is 4.98 Å². The highest BCUT2D eigenvalue weighted by Gasteiger charge is 2.32. The quantitative estimate of drug-likeness (QED) is 0.920. The molecule has 1 saturated heterocycles. The number of nitrogens with zero attached hydrogens (tertiary/aromatic N) is 2. The van der Waals surface area contributed by atoms with Crippen molar-refractivity contribution in [1.82, 2.24) is 9.88 Å². The van der Waals surface area contributed by atoms with E-state index in [-0.39, 0.29) is 5.82 Å². The molecule has 2 heterocycles. The molecule has 0 bridgehead atoms. The summed E-state index contributed by atoms with van der Waals surface area (Å²) in [6.45, 7) is 4.83. The molecule has 1 atom stereocenters. The zero-order valence-electron chi connectivity index (χ0n) is 11.6. The number of anilines is 1. The van der Waals surface area contributed by atoms with Crippen molar-refractivity contribution >= 4 is 5.82 Å². The van der Waals surface area contributed by atoms with E-state index in [9.17, 15) is 13.2 Å². The van der Waals surface area contributed by atoms with E-state index in [1.807, 2.05) is 0 Å². The van der Waals surface area contributed by atoms with Crippen LogP contribution in [0.4, 0.5) is 19.0 Å². The summed E-state index contributed by atoms with van der Waals surface area (Å²) in [6.07, 6.45) is -0.722. The molecule has 3 nitrogen and oxygen atoms in total. The number of hydrogen-bond donors (Lipinski definition) is 1.